The minimum atomic E-state index is 0.375. The van der Waals surface area contributed by atoms with E-state index in [0.717, 1.165) is 18.6 Å². The maximum Gasteiger partial charge on any atom is 0.204 e. The van der Waals surface area contributed by atoms with E-state index in [9.17, 15) is 0 Å². The molecule has 166 valence electrons. The van der Waals surface area contributed by atoms with Gasteiger partial charge in [-0.1, -0.05) is 44.2 Å². The highest BCUT2D eigenvalue weighted by molar-refractivity contribution is 6.01. The molecule has 0 aliphatic carbocycles. The quantitative estimate of drug-likeness (QED) is 0.481. The number of rotatable bonds is 10. The van der Waals surface area contributed by atoms with Crippen LogP contribution in [0.25, 0.3) is 0 Å². The van der Waals surface area contributed by atoms with Crippen molar-refractivity contribution in [1.82, 2.24) is 0 Å². The fraction of sp³-hybridized carbons (Fsp3) is 0.538. The molecule has 0 aromatic heterocycles. The third-order valence-corrected chi connectivity index (χ3v) is 6.79. The molecule has 1 atom stereocenters. The molecule has 0 radical (unpaired) electrons. The molecule has 30 heavy (non-hydrogen) atoms. The van der Waals surface area contributed by atoms with Gasteiger partial charge in [0.1, 0.15) is 5.75 Å². The minimum Gasteiger partial charge on any atom is -0.552 e. The lowest BCUT2D eigenvalue weighted by Gasteiger charge is -2.42. The second-order valence-corrected chi connectivity index (χ2v) is 9.41. The Hall–Kier alpha value is -1.78. The van der Waals surface area contributed by atoms with Crippen LogP contribution in [0.1, 0.15) is 61.9 Å². The van der Waals surface area contributed by atoms with E-state index in [2.05, 4.69) is 83.7 Å². The van der Waals surface area contributed by atoms with Crippen molar-refractivity contribution >= 4 is 16.2 Å². The van der Waals surface area contributed by atoms with Gasteiger partial charge in [0.05, 0.1) is 12.3 Å². The van der Waals surface area contributed by atoms with Crippen molar-refractivity contribution in [2.75, 3.05) is 12.0 Å². The Morgan fingerprint density at radius 1 is 0.933 bits per heavy atom. The molecule has 0 saturated carbocycles. The molecular formula is C26H41NO2Si. The summed E-state index contributed by atoms with van der Waals surface area (Å²) in [6.45, 7) is 16.6. The summed E-state index contributed by atoms with van der Waals surface area (Å²) in [4.78, 5) is 2.63. The number of benzene rings is 2. The lowest BCUT2D eigenvalue weighted by molar-refractivity contribution is 0.183. The summed E-state index contributed by atoms with van der Waals surface area (Å²) in [6.07, 6.45) is 2.20. The van der Waals surface area contributed by atoms with Crippen LogP contribution in [0.3, 0.4) is 0 Å². The average Bonchev–Trinajstić information content (AvgIpc) is 2.72. The second kappa shape index (κ2) is 11.0. The molecule has 0 aliphatic heterocycles. The van der Waals surface area contributed by atoms with Crippen LogP contribution in [-0.2, 0) is 17.8 Å². The average molecular weight is 428 g/mol. The maximum absolute atomic E-state index is 6.15. The van der Waals surface area contributed by atoms with Gasteiger partial charge in [0.15, 0.2) is 0 Å². The number of hydrogen-bond acceptors (Lipinski definition) is 3. The Morgan fingerprint density at radius 2 is 1.57 bits per heavy atom. The molecule has 0 N–H and O–H groups in total. The fourth-order valence-corrected chi connectivity index (χ4v) is 5.15. The van der Waals surface area contributed by atoms with Gasteiger partial charge in [-0.2, -0.15) is 0 Å². The third-order valence-electron chi connectivity index (χ3n) is 6.38. The molecular weight excluding hydrogens is 386 g/mol. The molecule has 2 rings (SSSR count). The van der Waals surface area contributed by atoms with Gasteiger partial charge in [-0.05, 0) is 81.2 Å². The summed E-state index contributed by atoms with van der Waals surface area (Å²) in [7, 11) is 2.46. The topological polar surface area (TPSA) is 21.7 Å². The Kier molecular flexibility index (Phi) is 8.99. The summed E-state index contributed by atoms with van der Waals surface area (Å²) in [5.41, 5.74) is 7.80. The second-order valence-electron chi connectivity index (χ2n) is 9.01. The van der Waals surface area contributed by atoms with Crippen molar-refractivity contribution in [1.29, 1.82) is 0 Å². The first-order valence-electron chi connectivity index (χ1n) is 11.2. The summed E-state index contributed by atoms with van der Waals surface area (Å²) >= 11 is 0. The fourth-order valence-electron chi connectivity index (χ4n) is 4.65. The van der Waals surface area contributed by atoms with Crippen molar-refractivity contribution in [3.63, 3.8) is 0 Å². The standard InChI is InChI=1S/C26H41NO2Si/c1-17(2)24(15-14-22-12-10-9-11-13-22)27(18(3)4)25-21(7)23(16-28-8)19(5)20(6)26(25)29-30/h9-13,17-18,24H,14-16H2,1-8,30H3. The smallest absolute Gasteiger partial charge is 0.204 e. The zero-order valence-corrected chi connectivity index (χ0v) is 22.5. The minimum absolute atomic E-state index is 0.375. The van der Waals surface area contributed by atoms with Gasteiger partial charge in [-0.25, -0.2) is 0 Å². The van der Waals surface area contributed by atoms with E-state index in [1.54, 1.807) is 7.11 Å². The molecule has 0 aliphatic rings. The molecule has 4 heteroatoms. The van der Waals surface area contributed by atoms with Crippen LogP contribution >= 0.6 is 0 Å². The molecule has 2 aromatic carbocycles. The van der Waals surface area contributed by atoms with Gasteiger partial charge in [0, 0.05) is 19.2 Å². The molecule has 1 unspecified atom stereocenters. The van der Waals surface area contributed by atoms with Gasteiger partial charge in [0.25, 0.3) is 0 Å². The summed E-state index contributed by atoms with van der Waals surface area (Å²) in [6, 6.07) is 11.6. The van der Waals surface area contributed by atoms with E-state index in [-0.39, 0.29) is 0 Å². The van der Waals surface area contributed by atoms with Gasteiger partial charge in [0.2, 0.25) is 10.5 Å². The summed E-state index contributed by atoms with van der Waals surface area (Å²) in [5.74, 6) is 1.60. The van der Waals surface area contributed by atoms with Crippen LogP contribution in [0.15, 0.2) is 30.3 Å². The van der Waals surface area contributed by atoms with Crippen LogP contribution < -0.4 is 9.33 Å². The van der Waals surface area contributed by atoms with E-state index >= 15 is 0 Å². The first kappa shape index (κ1) is 24.5. The number of ether oxygens (including phenoxy) is 1. The number of methoxy groups -OCH3 is 1. The van der Waals surface area contributed by atoms with Gasteiger partial charge >= 0.3 is 0 Å². The van der Waals surface area contributed by atoms with Crippen molar-refractivity contribution < 1.29 is 9.16 Å². The van der Waals surface area contributed by atoms with Gasteiger partial charge in [-0.15, -0.1) is 0 Å². The Labute approximate surface area is 187 Å². The summed E-state index contributed by atoms with van der Waals surface area (Å²) < 4.78 is 11.7. The van der Waals surface area contributed by atoms with E-state index in [1.807, 2.05) is 0 Å². The Balaban J connectivity index is 2.58. The lowest BCUT2D eigenvalue weighted by Crippen LogP contribution is -2.45. The molecule has 2 aromatic rings. The van der Waals surface area contributed by atoms with Gasteiger partial charge < -0.3 is 14.1 Å². The van der Waals surface area contributed by atoms with Crippen molar-refractivity contribution in [2.45, 2.75) is 80.0 Å². The Bertz CT molecular complexity index is 818. The lowest BCUT2D eigenvalue weighted by atomic mass is 9.90. The highest BCUT2D eigenvalue weighted by atomic mass is 28.2. The monoisotopic (exact) mass is 427 g/mol. The molecule has 0 saturated heterocycles. The first-order valence-corrected chi connectivity index (χ1v) is 12.0. The van der Waals surface area contributed by atoms with E-state index in [0.29, 0.717) is 35.1 Å². The molecule has 0 fully saturated rings. The highest BCUT2D eigenvalue weighted by Crippen LogP contribution is 2.43. The SMILES string of the molecule is COCc1c(C)c(C)c(O[SiH3])c(N(C(C)C)C(CCc2ccccc2)C(C)C)c1C. The van der Waals surface area contributed by atoms with E-state index in [1.165, 1.54) is 33.5 Å². The zero-order valence-electron chi connectivity index (χ0n) is 20.5. The van der Waals surface area contributed by atoms with Crippen molar-refractivity contribution in [3.8, 4) is 5.75 Å². The first-order chi connectivity index (χ1) is 14.2. The van der Waals surface area contributed by atoms with Crippen molar-refractivity contribution in [3.05, 3.63) is 58.1 Å². The van der Waals surface area contributed by atoms with Crippen LogP contribution in [-0.4, -0.2) is 29.7 Å². The van der Waals surface area contributed by atoms with Crippen LogP contribution in [0.2, 0.25) is 0 Å². The molecule has 0 amide bonds. The predicted octanol–water partition coefficient (Wildman–Crippen LogP) is 5.29. The number of aryl methyl sites for hydroxylation is 1. The largest absolute Gasteiger partial charge is 0.552 e. The zero-order chi connectivity index (χ0) is 22.4. The molecule has 0 heterocycles. The van der Waals surface area contributed by atoms with Crippen LogP contribution in [0.4, 0.5) is 5.69 Å². The number of nitrogens with zero attached hydrogens (tertiary/aromatic N) is 1. The maximum atomic E-state index is 6.15. The number of anilines is 1. The molecule has 0 spiro atoms. The van der Waals surface area contributed by atoms with Gasteiger partial charge in [-0.3, -0.25) is 0 Å². The highest BCUT2D eigenvalue weighted by Gasteiger charge is 2.30. The van der Waals surface area contributed by atoms with Crippen LogP contribution in [0.5, 0.6) is 5.75 Å². The van der Waals surface area contributed by atoms with Crippen LogP contribution in [0, 0.1) is 26.7 Å². The normalized spacial score (nSPS) is 12.6. The van der Waals surface area contributed by atoms with Crippen molar-refractivity contribution in [2.24, 2.45) is 5.92 Å². The Morgan fingerprint density at radius 3 is 2.07 bits per heavy atom. The van der Waals surface area contributed by atoms with E-state index in [4.69, 9.17) is 9.16 Å². The molecule has 0 bridgehead atoms. The number of hydrogen-bond donors (Lipinski definition) is 0. The molecule has 3 nitrogen and oxygen atoms in total. The predicted molar refractivity (Wildman–Crippen MR) is 133 cm³/mol. The summed E-state index contributed by atoms with van der Waals surface area (Å²) in [5, 5.41) is 0. The third kappa shape index (κ3) is 5.28. The van der Waals surface area contributed by atoms with E-state index < -0.39 is 0 Å².